The minimum atomic E-state index is -5.08. The van der Waals surface area contributed by atoms with Gasteiger partial charge in [0.15, 0.2) is 5.82 Å². The van der Waals surface area contributed by atoms with Crippen molar-refractivity contribution in [1.29, 1.82) is 0 Å². The molecule has 2 saturated heterocycles. The number of aromatic nitrogens is 2. The number of halogens is 4. The lowest BCUT2D eigenvalue weighted by Crippen LogP contribution is -2.50. The molecule has 9 nitrogen and oxygen atoms in total. The van der Waals surface area contributed by atoms with Crippen LogP contribution in [0.25, 0.3) is 0 Å². The summed E-state index contributed by atoms with van der Waals surface area (Å²) in [5.41, 5.74) is -0.445. The van der Waals surface area contributed by atoms with Gasteiger partial charge in [0.2, 0.25) is 16.0 Å². The zero-order valence-electron chi connectivity index (χ0n) is 15.3. The van der Waals surface area contributed by atoms with Crippen LogP contribution in [0.1, 0.15) is 19.3 Å². The molecule has 0 bridgehead atoms. The number of hydrogen-bond acceptors (Lipinski definition) is 7. The van der Waals surface area contributed by atoms with E-state index in [1.54, 1.807) is 0 Å². The van der Waals surface area contributed by atoms with Crippen LogP contribution < -0.4 is 5.32 Å². The number of ether oxygens (including phenoxy) is 1. The summed E-state index contributed by atoms with van der Waals surface area (Å²) in [6, 6.07) is -0.00929. The quantitative estimate of drug-likeness (QED) is 0.668. The monoisotopic (exact) mass is 444 g/mol. The van der Waals surface area contributed by atoms with Gasteiger partial charge in [-0.2, -0.15) is 17.5 Å². The highest BCUT2D eigenvalue weighted by Gasteiger charge is 2.45. The van der Waals surface area contributed by atoms with Gasteiger partial charge < -0.3 is 15.2 Å². The molecule has 0 aromatic carbocycles. The normalized spacial score (nSPS) is 25.3. The Morgan fingerprint density at radius 2 is 1.97 bits per heavy atom. The molecule has 2 fully saturated rings. The summed E-state index contributed by atoms with van der Waals surface area (Å²) in [5.74, 6) is -2.89. The van der Waals surface area contributed by atoms with Crippen LogP contribution in [-0.4, -0.2) is 77.5 Å². The fourth-order valence-corrected chi connectivity index (χ4v) is 4.06. The molecular formula is C15H20F4N4O5S. The fourth-order valence-electron chi connectivity index (χ4n) is 3.13. The third-order valence-electron chi connectivity index (χ3n) is 4.38. The highest BCUT2D eigenvalue weighted by atomic mass is 32.2. The Hall–Kier alpha value is -2.06. The first kappa shape index (κ1) is 23.2. The first-order chi connectivity index (χ1) is 13.3. The highest BCUT2D eigenvalue weighted by Crippen LogP contribution is 2.36. The van der Waals surface area contributed by atoms with Gasteiger partial charge >= 0.3 is 12.1 Å². The summed E-state index contributed by atoms with van der Waals surface area (Å²) in [6.07, 6.45) is 0.650. The van der Waals surface area contributed by atoms with Crippen molar-refractivity contribution in [3.05, 3.63) is 18.2 Å². The number of aliphatic carboxylic acids is 1. The molecule has 2 aliphatic heterocycles. The number of anilines is 1. The largest absolute Gasteiger partial charge is 0.490 e. The number of carboxylic acids is 1. The minimum Gasteiger partial charge on any atom is -0.475 e. The molecular weight excluding hydrogens is 424 g/mol. The Bertz CT molecular complexity index is 821. The van der Waals surface area contributed by atoms with Crippen molar-refractivity contribution in [2.75, 3.05) is 31.3 Å². The van der Waals surface area contributed by atoms with Gasteiger partial charge in [0, 0.05) is 19.5 Å². The van der Waals surface area contributed by atoms with Crippen molar-refractivity contribution in [3.8, 4) is 0 Å². The number of sulfonamides is 1. The van der Waals surface area contributed by atoms with Gasteiger partial charge in [-0.1, -0.05) is 0 Å². The van der Waals surface area contributed by atoms with E-state index >= 15 is 0 Å². The Labute approximate surface area is 164 Å². The van der Waals surface area contributed by atoms with E-state index in [0.717, 1.165) is 25.2 Å². The van der Waals surface area contributed by atoms with Crippen molar-refractivity contribution in [2.24, 2.45) is 0 Å². The average molecular weight is 444 g/mol. The van der Waals surface area contributed by atoms with Crippen LogP contribution in [0.3, 0.4) is 0 Å². The molecule has 2 N–H and O–H groups in total. The first-order valence-corrected chi connectivity index (χ1v) is 10.3. The number of carbonyl (C=O) groups is 1. The van der Waals surface area contributed by atoms with Crippen molar-refractivity contribution in [2.45, 2.75) is 37.1 Å². The molecule has 0 aliphatic carbocycles. The third kappa shape index (κ3) is 6.75. The third-order valence-corrected chi connectivity index (χ3v) is 5.63. The molecule has 2 atom stereocenters. The molecule has 0 saturated carbocycles. The second-order valence-electron chi connectivity index (χ2n) is 6.77. The molecule has 0 amide bonds. The highest BCUT2D eigenvalue weighted by molar-refractivity contribution is 7.88. The van der Waals surface area contributed by atoms with Crippen molar-refractivity contribution in [3.63, 3.8) is 0 Å². The predicted octanol–water partition coefficient (Wildman–Crippen LogP) is 1.24. The van der Waals surface area contributed by atoms with Crippen LogP contribution in [0.4, 0.5) is 23.5 Å². The Kier molecular flexibility index (Phi) is 7.01. The molecule has 2 aliphatic rings. The summed E-state index contributed by atoms with van der Waals surface area (Å²) >= 11 is 0. The maximum atomic E-state index is 12.8. The van der Waals surface area contributed by atoms with Gasteiger partial charge in [0.1, 0.15) is 0 Å². The summed E-state index contributed by atoms with van der Waals surface area (Å²) < 4.78 is 75.4. The van der Waals surface area contributed by atoms with Crippen LogP contribution >= 0.6 is 0 Å². The number of alkyl halides is 3. The van der Waals surface area contributed by atoms with E-state index in [2.05, 4.69) is 15.3 Å². The molecule has 164 valence electrons. The van der Waals surface area contributed by atoms with Crippen LogP contribution in [0, 0.1) is 5.82 Å². The SMILES string of the molecule is CS(=O)(=O)N1CCCC2(CC(Nc3ncc(F)cn3)CO2)C1.O=C(O)C(F)(F)F. The standard InChI is InChI=1S/C13H19FN4O3S.C2HF3O2/c1-22(19,20)18-4-2-3-13(9-18)5-11(8-21-13)17-12-15-6-10(14)7-16-12;3-2(4,5)1(6)7/h6-7,11H,2-5,8-9H2,1H3,(H,15,16,17);(H,6,7). The Balaban J connectivity index is 0.000000370. The molecule has 2 unspecified atom stereocenters. The van der Waals surface area contributed by atoms with Crippen molar-refractivity contribution in [1.82, 2.24) is 14.3 Å². The minimum absolute atomic E-state index is 0.00929. The zero-order chi connectivity index (χ0) is 21.9. The van der Waals surface area contributed by atoms with Crippen molar-refractivity contribution < 1.29 is 40.6 Å². The van der Waals surface area contributed by atoms with Gasteiger partial charge in [-0.25, -0.2) is 27.6 Å². The lowest BCUT2D eigenvalue weighted by atomic mass is 9.90. The smallest absolute Gasteiger partial charge is 0.475 e. The molecule has 0 radical (unpaired) electrons. The molecule has 1 aromatic rings. The van der Waals surface area contributed by atoms with Gasteiger partial charge in [0.25, 0.3) is 0 Å². The summed E-state index contributed by atoms with van der Waals surface area (Å²) in [5, 5.41) is 10.2. The number of piperidine rings is 1. The maximum absolute atomic E-state index is 12.8. The van der Waals surface area contributed by atoms with Crippen LogP contribution in [-0.2, 0) is 19.6 Å². The molecule has 3 heterocycles. The van der Waals surface area contributed by atoms with E-state index in [9.17, 15) is 26.0 Å². The summed E-state index contributed by atoms with van der Waals surface area (Å²) in [4.78, 5) is 16.6. The van der Waals surface area contributed by atoms with Gasteiger partial charge in [-0.3, -0.25) is 0 Å². The van der Waals surface area contributed by atoms with E-state index in [0.29, 0.717) is 32.1 Å². The molecule has 14 heteroatoms. The van der Waals surface area contributed by atoms with E-state index in [4.69, 9.17) is 14.6 Å². The number of carboxylic acid groups (broad SMARTS) is 1. The molecule has 1 aromatic heterocycles. The van der Waals surface area contributed by atoms with Gasteiger partial charge in [0.05, 0.1) is 36.9 Å². The summed E-state index contributed by atoms with van der Waals surface area (Å²) in [7, 11) is -3.20. The first-order valence-electron chi connectivity index (χ1n) is 8.44. The van der Waals surface area contributed by atoms with Gasteiger partial charge in [-0.15, -0.1) is 0 Å². The fraction of sp³-hybridized carbons (Fsp3) is 0.667. The number of nitrogens with zero attached hydrogens (tertiary/aromatic N) is 3. The topological polar surface area (TPSA) is 122 Å². The second-order valence-corrected chi connectivity index (χ2v) is 8.75. The number of rotatable bonds is 3. The number of nitrogens with one attached hydrogen (secondary N) is 1. The van der Waals surface area contributed by atoms with Crippen LogP contribution in [0.5, 0.6) is 0 Å². The summed E-state index contributed by atoms with van der Waals surface area (Å²) in [6.45, 7) is 1.38. The Morgan fingerprint density at radius 1 is 1.38 bits per heavy atom. The Morgan fingerprint density at radius 3 is 2.48 bits per heavy atom. The lowest BCUT2D eigenvalue weighted by molar-refractivity contribution is -0.192. The van der Waals surface area contributed by atoms with Crippen molar-refractivity contribution >= 4 is 21.9 Å². The number of hydrogen-bond donors (Lipinski definition) is 2. The van der Waals surface area contributed by atoms with E-state index in [1.807, 2.05) is 0 Å². The molecule has 1 spiro atoms. The lowest BCUT2D eigenvalue weighted by Gasteiger charge is -2.38. The molecule has 3 rings (SSSR count). The second kappa shape index (κ2) is 8.75. The van der Waals surface area contributed by atoms with Crippen LogP contribution in [0.2, 0.25) is 0 Å². The van der Waals surface area contributed by atoms with E-state index in [1.165, 1.54) is 10.6 Å². The average Bonchev–Trinajstić information content (AvgIpc) is 2.98. The van der Waals surface area contributed by atoms with Crippen LogP contribution in [0.15, 0.2) is 12.4 Å². The maximum Gasteiger partial charge on any atom is 0.490 e. The van der Waals surface area contributed by atoms with Gasteiger partial charge in [-0.05, 0) is 12.8 Å². The molecule has 29 heavy (non-hydrogen) atoms. The van der Waals surface area contributed by atoms with E-state index < -0.39 is 33.6 Å². The van der Waals surface area contributed by atoms with E-state index in [-0.39, 0.29) is 6.04 Å². The zero-order valence-corrected chi connectivity index (χ0v) is 16.1. The predicted molar refractivity (Wildman–Crippen MR) is 92.0 cm³/mol.